The average molecular weight is 452 g/mol. The van der Waals surface area contributed by atoms with Crippen LogP contribution in [0.4, 0.5) is 4.79 Å². The number of amides is 3. The van der Waals surface area contributed by atoms with Gasteiger partial charge in [0, 0.05) is 31.5 Å². The molecule has 3 rings (SSSR count). The molecular formula is C26H33N3O4. The third kappa shape index (κ3) is 7.63. The maximum absolute atomic E-state index is 13.3. The predicted octanol–water partition coefficient (Wildman–Crippen LogP) is 3.29. The highest BCUT2D eigenvalue weighted by atomic mass is 16.5. The van der Waals surface area contributed by atoms with Crippen LogP contribution in [-0.4, -0.2) is 48.0 Å². The van der Waals surface area contributed by atoms with Crippen molar-refractivity contribution in [2.75, 3.05) is 13.1 Å². The molecule has 0 saturated carbocycles. The Balaban J connectivity index is 1.60. The van der Waals surface area contributed by atoms with Crippen LogP contribution >= 0.6 is 0 Å². The molecule has 2 aromatic rings. The molecule has 0 radical (unpaired) electrons. The van der Waals surface area contributed by atoms with Crippen LogP contribution in [-0.2, 0) is 27.4 Å². The van der Waals surface area contributed by atoms with Crippen molar-refractivity contribution < 1.29 is 19.1 Å². The van der Waals surface area contributed by atoms with Crippen LogP contribution in [0.1, 0.15) is 37.8 Å². The molecule has 1 aliphatic rings. The van der Waals surface area contributed by atoms with Gasteiger partial charge < -0.3 is 20.3 Å². The van der Waals surface area contributed by atoms with Gasteiger partial charge in [0.1, 0.15) is 12.6 Å². The Morgan fingerprint density at radius 3 is 2.06 bits per heavy atom. The smallest absolute Gasteiger partial charge is 0.408 e. The minimum Gasteiger partial charge on any atom is -0.445 e. The lowest BCUT2D eigenvalue weighted by atomic mass is 9.94. The van der Waals surface area contributed by atoms with Crippen molar-refractivity contribution in [1.29, 1.82) is 0 Å². The lowest BCUT2D eigenvalue weighted by Crippen LogP contribution is -2.52. The normalized spacial score (nSPS) is 15.1. The molecule has 1 fully saturated rings. The molecule has 176 valence electrons. The van der Waals surface area contributed by atoms with Crippen LogP contribution in [0, 0.1) is 5.92 Å². The number of carbonyl (C=O) groups excluding carboxylic acids is 3. The number of hydrogen-bond donors (Lipinski definition) is 2. The van der Waals surface area contributed by atoms with E-state index < -0.39 is 12.1 Å². The van der Waals surface area contributed by atoms with Crippen molar-refractivity contribution in [3.8, 4) is 0 Å². The maximum atomic E-state index is 13.3. The number of carbonyl (C=O) groups is 3. The minimum absolute atomic E-state index is 0.0422. The second-order valence-corrected chi connectivity index (χ2v) is 8.71. The van der Waals surface area contributed by atoms with Gasteiger partial charge in [-0.15, -0.1) is 0 Å². The fourth-order valence-corrected chi connectivity index (χ4v) is 3.94. The van der Waals surface area contributed by atoms with Gasteiger partial charge in [0.2, 0.25) is 11.8 Å². The van der Waals surface area contributed by atoms with E-state index in [0.29, 0.717) is 32.4 Å². The molecule has 3 amide bonds. The highest BCUT2D eigenvalue weighted by Gasteiger charge is 2.32. The number of nitrogens with zero attached hydrogens (tertiary/aromatic N) is 1. The summed E-state index contributed by atoms with van der Waals surface area (Å²) in [6, 6.07) is 18.3. The van der Waals surface area contributed by atoms with E-state index in [9.17, 15) is 14.4 Å². The van der Waals surface area contributed by atoms with Crippen molar-refractivity contribution in [3.63, 3.8) is 0 Å². The van der Waals surface area contributed by atoms with Gasteiger partial charge in [-0.25, -0.2) is 4.79 Å². The molecule has 7 nitrogen and oxygen atoms in total. The van der Waals surface area contributed by atoms with E-state index in [1.54, 1.807) is 4.90 Å². The van der Waals surface area contributed by atoms with E-state index in [1.807, 2.05) is 74.5 Å². The quantitative estimate of drug-likeness (QED) is 0.645. The first-order chi connectivity index (χ1) is 15.9. The van der Waals surface area contributed by atoms with E-state index >= 15 is 0 Å². The van der Waals surface area contributed by atoms with Crippen molar-refractivity contribution in [2.24, 2.45) is 5.92 Å². The van der Waals surface area contributed by atoms with Crippen molar-refractivity contribution in [3.05, 3.63) is 71.8 Å². The highest BCUT2D eigenvalue weighted by Crippen LogP contribution is 2.19. The van der Waals surface area contributed by atoms with Crippen LogP contribution in [0.3, 0.4) is 0 Å². The Kier molecular flexibility index (Phi) is 8.87. The molecule has 1 atom stereocenters. The first-order valence-electron chi connectivity index (χ1n) is 11.5. The largest absolute Gasteiger partial charge is 0.445 e. The number of rotatable bonds is 8. The molecule has 7 heteroatoms. The number of benzene rings is 2. The topological polar surface area (TPSA) is 87.7 Å². The zero-order chi connectivity index (χ0) is 23.6. The van der Waals surface area contributed by atoms with Gasteiger partial charge in [-0.1, -0.05) is 60.7 Å². The molecule has 2 aromatic carbocycles. The van der Waals surface area contributed by atoms with Crippen molar-refractivity contribution >= 4 is 17.9 Å². The van der Waals surface area contributed by atoms with Crippen LogP contribution < -0.4 is 10.6 Å². The molecule has 33 heavy (non-hydrogen) atoms. The van der Waals surface area contributed by atoms with Gasteiger partial charge in [-0.3, -0.25) is 9.59 Å². The van der Waals surface area contributed by atoms with E-state index in [-0.39, 0.29) is 30.4 Å². The van der Waals surface area contributed by atoms with Gasteiger partial charge in [0.25, 0.3) is 0 Å². The van der Waals surface area contributed by atoms with E-state index in [4.69, 9.17) is 4.74 Å². The summed E-state index contributed by atoms with van der Waals surface area (Å²) in [5, 5.41) is 5.71. The molecule has 0 bridgehead atoms. The van der Waals surface area contributed by atoms with Gasteiger partial charge >= 0.3 is 6.09 Å². The van der Waals surface area contributed by atoms with Crippen molar-refractivity contribution in [1.82, 2.24) is 15.5 Å². The Labute approximate surface area is 195 Å². The number of likely N-dealkylation sites (tertiary alicyclic amines) is 1. The van der Waals surface area contributed by atoms with Gasteiger partial charge in [0.15, 0.2) is 0 Å². The van der Waals surface area contributed by atoms with Crippen LogP contribution in [0.15, 0.2) is 60.7 Å². The van der Waals surface area contributed by atoms with Crippen LogP contribution in [0.2, 0.25) is 0 Å². The molecule has 0 aliphatic carbocycles. The standard InChI is InChI=1S/C26H33N3O4/c1-19(2)27-24(30)22-13-15-29(16-14-22)25(31)23(17-20-9-5-3-6-10-20)28-26(32)33-18-21-11-7-4-8-12-21/h3-12,19,22-23H,13-18H2,1-2H3,(H,27,30)(H,28,32). The van der Waals surface area contributed by atoms with E-state index in [0.717, 1.165) is 11.1 Å². The van der Waals surface area contributed by atoms with Crippen LogP contribution in [0.5, 0.6) is 0 Å². The number of hydrogen-bond acceptors (Lipinski definition) is 4. The summed E-state index contributed by atoms with van der Waals surface area (Å²) in [6.07, 6.45) is 0.967. The van der Waals surface area contributed by atoms with E-state index in [2.05, 4.69) is 10.6 Å². The molecule has 0 aromatic heterocycles. The Hall–Kier alpha value is -3.35. The first-order valence-corrected chi connectivity index (χ1v) is 11.5. The monoisotopic (exact) mass is 451 g/mol. The average Bonchev–Trinajstić information content (AvgIpc) is 2.83. The van der Waals surface area contributed by atoms with Crippen LogP contribution in [0.25, 0.3) is 0 Å². The van der Waals surface area contributed by atoms with E-state index in [1.165, 1.54) is 0 Å². The number of ether oxygens (including phenoxy) is 1. The summed E-state index contributed by atoms with van der Waals surface area (Å²) in [4.78, 5) is 39.9. The maximum Gasteiger partial charge on any atom is 0.408 e. The fraction of sp³-hybridized carbons (Fsp3) is 0.423. The summed E-state index contributed by atoms with van der Waals surface area (Å²) in [7, 11) is 0. The summed E-state index contributed by atoms with van der Waals surface area (Å²) >= 11 is 0. The Bertz CT molecular complexity index is 910. The predicted molar refractivity (Wildman–Crippen MR) is 126 cm³/mol. The molecular weight excluding hydrogens is 418 g/mol. The molecule has 1 saturated heterocycles. The third-order valence-electron chi connectivity index (χ3n) is 5.69. The third-order valence-corrected chi connectivity index (χ3v) is 5.69. The Morgan fingerprint density at radius 2 is 1.48 bits per heavy atom. The molecule has 0 spiro atoms. The SMILES string of the molecule is CC(C)NC(=O)C1CCN(C(=O)C(Cc2ccccc2)NC(=O)OCc2ccccc2)CC1. The molecule has 1 heterocycles. The summed E-state index contributed by atoms with van der Waals surface area (Å²) in [5.74, 6) is -0.202. The molecule has 1 aliphatic heterocycles. The highest BCUT2D eigenvalue weighted by molar-refractivity contribution is 5.86. The fourth-order valence-electron chi connectivity index (χ4n) is 3.94. The first kappa shape index (κ1) is 24.3. The Morgan fingerprint density at radius 1 is 0.909 bits per heavy atom. The summed E-state index contributed by atoms with van der Waals surface area (Å²) in [5.41, 5.74) is 1.82. The number of nitrogens with one attached hydrogen (secondary N) is 2. The van der Waals surface area contributed by atoms with Crippen molar-refractivity contribution in [2.45, 2.75) is 51.8 Å². The van der Waals surface area contributed by atoms with Gasteiger partial charge in [0.05, 0.1) is 0 Å². The zero-order valence-corrected chi connectivity index (χ0v) is 19.3. The second kappa shape index (κ2) is 12.0. The second-order valence-electron chi connectivity index (χ2n) is 8.71. The minimum atomic E-state index is -0.739. The lowest BCUT2D eigenvalue weighted by Gasteiger charge is -2.34. The number of alkyl carbamates (subject to hydrolysis) is 1. The van der Waals surface area contributed by atoms with Gasteiger partial charge in [-0.05, 0) is 37.8 Å². The zero-order valence-electron chi connectivity index (χ0n) is 19.3. The van der Waals surface area contributed by atoms with Gasteiger partial charge in [-0.2, -0.15) is 0 Å². The molecule has 1 unspecified atom stereocenters. The summed E-state index contributed by atoms with van der Waals surface area (Å²) in [6.45, 7) is 4.98. The summed E-state index contributed by atoms with van der Waals surface area (Å²) < 4.78 is 5.35. The number of piperidine rings is 1. The molecule has 2 N–H and O–H groups in total. The lowest BCUT2D eigenvalue weighted by molar-refractivity contribution is -0.137.